The van der Waals surface area contributed by atoms with Gasteiger partial charge in [0, 0.05) is 37.0 Å². The molecular formula is C24H26ClN5O4. The van der Waals surface area contributed by atoms with Gasteiger partial charge in [-0.1, -0.05) is 11.6 Å². The fourth-order valence-corrected chi connectivity index (χ4v) is 4.54. The summed E-state index contributed by atoms with van der Waals surface area (Å²) in [6, 6.07) is 6.68. The Bertz CT molecular complexity index is 1270. The molecule has 1 saturated carbocycles. The molecule has 1 aliphatic carbocycles. The predicted molar refractivity (Wildman–Crippen MR) is 128 cm³/mol. The molecule has 3 heterocycles. The lowest BCUT2D eigenvalue weighted by atomic mass is 10.1. The quantitative estimate of drug-likeness (QED) is 0.509. The molecule has 178 valence electrons. The Morgan fingerprint density at radius 3 is 2.74 bits per heavy atom. The number of urea groups is 1. The number of aryl methyl sites for hydroxylation is 1. The molecule has 3 amide bonds. The van der Waals surface area contributed by atoms with Gasteiger partial charge in [-0.05, 0) is 50.8 Å². The second kappa shape index (κ2) is 8.81. The lowest BCUT2D eigenvalue weighted by Gasteiger charge is -2.20. The number of β-amino-alcohol motifs (C(OH)–C–C–N with tert-alkyl or cyclic N) is 1. The molecule has 1 aromatic carbocycles. The summed E-state index contributed by atoms with van der Waals surface area (Å²) in [6.45, 7) is 4.11. The SMILES string of the molecule is Cc1c(C(=O)N2C[C@@H](O)C[C@H]2C)cn2nccc(Oc3ccc(NC(=O)NC4CC4)c(Cl)c3)c12. The smallest absolute Gasteiger partial charge is 0.319 e. The first-order chi connectivity index (χ1) is 16.3. The van der Waals surface area contributed by atoms with Gasteiger partial charge in [-0.2, -0.15) is 5.10 Å². The van der Waals surface area contributed by atoms with Gasteiger partial charge in [0.1, 0.15) is 11.3 Å². The maximum absolute atomic E-state index is 13.2. The third-order valence-electron chi connectivity index (χ3n) is 6.26. The van der Waals surface area contributed by atoms with Gasteiger partial charge >= 0.3 is 6.03 Å². The largest absolute Gasteiger partial charge is 0.455 e. The number of halogens is 1. The maximum Gasteiger partial charge on any atom is 0.319 e. The number of anilines is 1. The van der Waals surface area contributed by atoms with Gasteiger partial charge in [0.05, 0.1) is 28.6 Å². The van der Waals surface area contributed by atoms with Crippen LogP contribution in [0.5, 0.6) is 11.5 Å². The Morgan fingerprint density at radius 1 is 1.26 bits per heavy atom. The molecular weight excluding hydrogens is 458 g/mol. The number of carbonyl (C=O) groups excluding carboxylic acids is 2. The van der Waals surface area contributed by atoms with Crippen molar-refractivity contribution in [1.82, 2.24) is 19.8 Å². The standard InChI is InChI=1S/C24H26ClN5O4/c1-13-9-16(31)11-29(13)23(32)18-12-30-22(14(18)2)21(7-8-26-30)34-17-5-6-20(19(25)10-17)28-24(33)27-15-3-4-15/h5-8,10,12-13,15-16,31H,3-4,9,11H2,1-2H3,(H2,27,28,33)/t13-,16+/m1/s1. The Hall–Kier alpha value is -3.30. The first-order valence-corrected chi connectivity index (χ1v) is 11.7. The monoisotopic (exact) mass is 483 g/mol. The number of likely N-dealkylation sites (tertiary alicyclic amines) is 1. The molecule has 2 aliphatic rings. The number of aliphatic hydroxyl groups excluding tert-OH is 1. The van der Waals surface area contributed by atoms with Crippen LogP contribution in [0.1, 0.15) is 42.1 Å². The molecule has 1 saturated heterocycles. The predicted octanol–water partition coefficient (Wildman–Crippen LogP) is 3.97. The number of aliphatic hydroxyl groups is 1. The van der Waals surface area contributed by atoms with Crippen molar-refractivity contribution in [3.63, 3.8) is 0 Å². The molecule has 3 N–H and O–H groups in total. The lowest BCUT2D eigenvalue weighted by Crippen LogP contribution is -2.34. The number of hydrogen-bond donors (Lipinski definition) is 3. The van der Waals surface area contributed by atoms with Crippen LogP contribution < -0.4 is 15.4 Å². The zero-order valence-corrected chi connectivity index (χ0v) is 19.7. The number of nitrogens with zero attached hydrogens (tertiary/aromatic N) is 3. The average molecular weight is 484 g/mol. The molecule has 2 fully saturated rings. The average Bonchev–Trinajstić information content (AvgIpc) is 3.44. The third kappa shape index (κ3) is 4.41. The van der Waals surface area contributed by atoms with Gasteiger partial charge in [0.15, 0.2) is 5.75 Å². The van der Waals surface area contributed by atoms with E-state index in [1.54, 1.807) is 46.1 Å². The van der Waals surface area contributed by atoms with Crippen LogP contribution in [0, 0.1) is 6.92 Å². The number of fused-ring (bicyclic) bond motifs is 1. The van der Waals surface area contributed by atoms with E-state index in [9.17, 15) is 14.7 Å². The highest BCUT2D eigenvalue weighted by atomic mass is 35.5. The summed E-state index contributed by atoms with van der Waals surface area (Å²) < 4.78 is 7.73. The van der Waals surface area contributed by atoms with Crippen molar-refractivity contribution in [1.29, 1.82) is 0 Å². The zero-order valence-electron chi connectivity index (χ0n) is 18.9. The van der Waals surface area contributed by atoms with Gasteiger partial charge in [-0.15, -0.1) is 0 Å². The van der Waals surface area contributed by atoms with Crippen molar-refractivity contribution in [2.75, 3.05) is 11.9 Å². The van der Waals surface area contributed by atoms with Crippen LogP contribution in [0.3, 0.4) is 0 Å². The minimum absolute atomic E-state index is 0.0331. The highest BCUT2D eigenvalue weighted by Crippen LogP contribution is 2.34. The minimum Gasteiger partial charge on any atom is -0.455 e. The van der Waals surface area contributed by atoms with Crippen molar-refractivity contribution >= 4 is 34.7 Å². The first kappa shape index (κ1) is 22.5. The van der Waals surface area contributed by atoms with E-state index in [1.165, 1.54) is 0 Å². The highest BCUT2D eigenvalue weighted by molar-refractivity contribution is 6.33. The molecule has 34 heavy (non-hydrogen) atoms. The van der Waals surface area contributed by atoms with Crippen LogP contribution in [-0.4, -0.2) is 56.3 Å². The number of benzene rings is 1. The third-order valence-corrected chi connectivity index (χ3v) is 6.58. The lowest BCUT2D eigenvalue weighted by molar-refractivity contribution is 0.0725. The van der Waals surface area contributed by atoms with Gasteiger partial charge in [0.25, 0.3) is 5.91 Å². The van der Waals surface area contributed by atoms with Gasteiger partial charge in [-0.25, -0.2) is 9.31 Å². The van der Waals surface area contributed by atoms with Crippen LogP contribution >= 0.6 is 11.6 Å². The topological polar surface area (TPSA) is 108 Å². The molecule has 3 aromatic rings. The van der Waals surface area contributed by atoms with Crippen molar-refractivity contribution in [3.8, 4) is 11.5 Å². The van der Waals surface area contributed by atoms with Crippen LogP contribution in [0.25, 0.3) is 5.52 Å². The van der Waals surface area contributed by atoms with Crippen LogP contribution in [-0.2, 0) is 0 Å². The molecule has 0 radical (unpaired) electrons. The van der Waals surface area contributed by atoms with Crippen molar-refractivity contribution in [2.24, 2.45) is 0 Å². The van der Waals surface area contributed by atoms with Gasteiger partial charge < -0.3 is 25.4 Å². The Balaban J connectivity index is 1.38. The Kier molecular flexibility index (Phi) is 5.83. The molecule has 0 bridgehead atoms. The number of carbonyl (C=O) groups is 2. The van der Waals surface area contributed by atoms with E-state index in [-0.39, 0.29) is 24.0 Å². The molecule has 0 unspecified atom stereocenters. The number of aromatic nitrogens is 2. The second-order valence-electron chi connectivity index (χ2n) is 8.97. The van der Waals surface area contributed by atoms with E-state index < -0.39 is 6.10 Å². The number of ether oxygens (including phenoxy) is 1. The van der Waals surface area contributed by atoms with E-state index in [0.29, 0.717) is 46.3 Å². The van der Waals surface area contributed by atoms with E-state index in [1.807, 2.05) is 13.8 Å². The maximum atomic E-state index is 13.2. The molecule has 2 aromatic heterocycles. The summed E-state index contributed by atoms with van der Waals surface area (Å²) in [5, 5.41) is 20.2. The second-order valence-corrected chi connectivity index (χ2v) is 9.38. The van der Waals surface area contributed by atoms with E-state index in [0.717, 1.165) is 18.4 Å². The fourth-order valence-electron chi connectivity index (χ4n) is 4.32. The molecule has 2 atom stereocenters. The van der Waals surface area contributed by atoms with E-state index in [4.69, 9.17) is 16.3 Å². The van der Waals surface area contributed by atoms with Gasteiger partial charge in [-0.3, -0.25) is 4.79 Å². The highest BCUT2D eigenvalue weighted by Gasteiger charge is 2.33. The summed E-state index contributed by atoms with van der Waals surface area (Å²) in [7, 11) is 0. The number of rotatable bonds is 5. The summed E-state index contributed by atoms with van der Waals surface area (Å²) in [5.41, 5.74) is 2.41. The summed E-state index contributed by atoms with van der Waals surface area (Å²) in [4.78, 5) is 26.9. The Morgan fingerprint density at radius 2 is 2.06 bits per heavy atom. The molecule has 1 aliphatic heterocycles. The van der Waals surface area contributed by atoms with E-state index >= 15 is 0 Å². The summed E-state index contributed by atoms with van der Waals surface area (Å²) >= 11 is 6.37. The molecule has 5 rings (SSSR count). The molecule has 0 spiro atoms. The van der Waals surface area contributed by atoms with Gasteiger partial charge in [0.2, 0.25) is 0 Å². The van der Waals surface area contributed by atoms with Crippen LogP contribution in [0.4, 0.5) is 10.5 Å². The van der Waals surface area contributed by atoms with Crippen molar-refractivity contribution in [2.45, 2.75) is 51.3 Å². The minimum atomic E-state index is -0.504. The normalized spacial score (nSPS) is 19.9. The summed E-state index contributed by atoms with van der Waals surface area (Å²) in [6.07, 6.45) is 5.35. The molecule has 10 heteroatoms. The van der Waals surface area contributed by atoms with Crippen LogP contribution in [0.15, 0.2) is 36.7 Å². The molecule has 9 nitrogen and oxygen atoms in total. The van der Waals surface area contributed by atoms with Crippen molar-refractivity contribution in [3.05, 3.63) is 52.8 Å². The fraction of sp³-hybridized carbons (Fsp3) is 0.375. The zero-order chi connectivity index (χ0) is 24.0. The van der Waals surface area contributed by atoms with Crippen molar-refractivity contribution < 1.29 is 19.4 Å². The Labute approximate surface area is 201 Å². The number of hydrogen-bond acceptors (Lipinski definition) is 5. The van der Waals surface area contributed by atoms with Crippen LogP contribution in [0.2, 0.25) is 5.02 Å². The first-order valence-electron chi connectivity index (χ1n) is 11.3. The summed E-state index contributed by atoms with van der Waals surface area (Å²) in [5.74, 6) is 0.862. The number of amides is 3. The van der Waals surface area contributed by atoms with E-state index in [2.05, 4.69) is 15.7 Å². The number of nitrogens with one attached hydrogen (secondary N) is 2.